The molecule has 6 rings (SSSR count). The first-order chi connectivity index (χ1) is 32.6. The fraction of sp³-hybridized carbons (Fsp3) is 0.423. The fourth-order valence-corrected chi connectivity index (χ4v) is 9.37. The van der Waals surface area contributed by atoms with Crippen molar-refractivity contribution in [2.75, 3.05) is 30.9 Å². The summed E-state index contributed by atoms with van der Waals surface area (Å²) in [5.41, 5.74) is 4.36. The average molecular weight is 985 g/mol. The number of methoxy groups -OCH3 is 1. The number of ether oxygens (including phenoxy) is 4. The van der Waals surface area contributed by atoms with Crippen molar-refractivity contribution in [2.24, 2.45) is 0 Å². The maximum atomic E-state index is 13.3. The average Bonchev–Trinajstić information content (AvgIpc) is 3.27. The van der Waals surface area contributed by atoms with Crippen LogP contribution in [-0.2, 0) is 31.6 Å². The van der Waals surface area contributed by atoms with E-state index in [9.17, 15) is 24.3 Å². The number of halogens is 1. The molecule has 1 aromatic heterocycles. The molecule has 1 fully saturated rings. The molecule has 1 heterocycles. The van der Waals surface area contributed by atoms with Crippen LogP contribution < -0.4 is 31.6 Å². The van der Waals surface area contributed by atoms with Crippen LogP contribution in [0.3, 0.4) is 0 Å². The zero-order valence-corrected chi connectivity index (χ0v) is 42.7. The number of hydrogen-bond acceptors (Lipinski definition) is 11. The van der Waals surface area contributed by atoms with Crippen molar-refractivity contribution in [3.8, 4) is 22.6 Å². The van der Waals surface area contributed by atoms with Crippen LogP contribution in [0, 0.1) is 0 Å². The first-order valence-electron chi connectivity index (χ1n) is 23.3. The van der Waals surface area contributed by atoms with Crippen LogP contribution in [0.2, 0.25) is 23.2 Å². The number of nitrogens with one attached hydrogen (secondary N) is 5. The molecule has 0 spiro atoms. The Morgan fingerprint density at radius 3 is 2.25 bits per heavy atom. The van der Waals surface area contributed by atoms with Gasteiger partial charge in [0.2, 0.25) is 5.56 Å². The van der Waals surface area contributed by atoms with E-state index in [2.05, 4.69) is 60.1 Å². The molecule has 17 heteroatoms. The molecule has 1 atom stereocenters. The van der Waals surface area contributed by atoms with E-state index >= 15 is 0 Å². The Bertz CT molecular complexity index is 2660. The van der Waals surface area contributed by atoms with Crippen LogP contribution in [0.4, 0.5) is 25.8 Å². The number of aromatic nitrogens is 1. The number of phenolic OH excluding ortho intramolecular Hbond substituents is 1. The standard InChI is InChI=1S/C52H66ClN5O10Si/c1-51(2,3)67-50(63)55-35-16-18-36(19-17-35)66-49(62)56-41-27-32(15-20-37(41)33-13-11-10-12-14-33)25-26-65-48(61)57-42-29-44(64-7)34(28-40(42)53)30-54-31-45(68-69(8,9)52(4,5)6)38-21-23-43(59)47-39(38)22-24-46(60)58-47/h10-15,20-24,27-29,35-36,45,54,59H,16-19,25-26,30-31H2,1-9H3,(H,55,63)(H,56,62)(H,57,61)(H,58,60)/t35-,36-,45-/m0/s1. The van der Waals surface area contributed by atoms with E-state index in [0.717, 1.165) is 27.8 Å². The Morgan fingerprint density at radius 2 is 1.57 bits per heavy atom. The third kappa shape index (κ3) is 14.5. The van der Waals surface area contributed by atoms with Crippen molar-refractivity contribution in [3.63, 3.8) is 0 Å². The second kappa shape index (κ2) is 22.6. The highest BCUT2D eigenvalue weighted by molar-refractivity contribution is 6.74. The van der Waals surface area contributed by atoms with Crippen LogP contribution in [-0.4, -0.2) is 74.7 Å². The number of benzene rings is 4. The largest absolute Gasteiger partial charge is 0.506 e. The summed E-state index contributed by atoms with van der Waals surface area (Å²) in [5, 5.41) is 23.5. The summed E-state index contributed by atoms with van der Waals surface area (Å²) in [6.07, 6.45) is 0.358. The number of anilines is 2. The van der Waals surface area contributed by atoms with Gasteiger partial charge in [0, 0.05) is 54.2 Å². The van der Waals surface area contributed by atoms with Crippen LogP contribution in [0.1, 0.15) is 90.0 Å². The first kappa shape index (κ1) is 52.3. The number of pyridine rings is 1. The zero-order chi connectivity index (χ0) is 50.1. The Hall–Kier alpha value is -6.07. The van der Waals surface area contributed by atoms with Crippen LogP contribution in [0.15, 0.2) is 89.7 Å². The summed E-state index contributed by atoms with van der Waals surface area (Å²) < 4.78 is 29.5. The number of carbonyl (C=O) groups excluding carboxylic acids is 3. The molecule has 0 radical (unpaired) electrons. The SMILES string of the molecule is COc1cc(NC(=O)OCCc2ccc(-c3ccccc3)c(NC(=O)O[C@H]3CC[C@H](NC(=O)OC(C)(C)C)CC3)c2)c(Cl)cc1CNC[C@H](O[Si](C)(C)C(C)(C)C)c1ccc(O)c2[nH]c(=O)ccc12. The number of carbonyl (C=O) groups is 3. The number of rotatable bonds is 16. The number of aromatic amines is 1. The van der Waals surface area contributed by atoms with Gasteiger partial charge in [-0.15, -0.1) is 0 Å². The third-order valence-electron chi connectivity index (χ3n) is 12.4. The van der Waals surface area contributed by atoms with E-state index in [-0.39, 0.29) is 40.1 Å². The van der Waals surface area contributed by atoms with Gasteiger partial charge in [-0.2, -0.15) is 0 Å². The van der Waals surface area contributed by atoms with Crippen LogP contribution in [0.25, 0.3) is 22.0 Å². The van der Waals surface area contributed by atoms with E-state index < -0.39 is 38.3 Å². The van der Waals surface area contributed by atoms with Crippen molar-refractivity contribution < 1.29 is 42.9 Å². The summed E-state index contributed by atoms with van der Waals surface area (Å²) in [7, 11) is -0.780. The molecule has 0 saturated heterocycles. The normalized spacial score (nSPS) is 15.7. The number of amides is 3. The molecule has 4 aromatic carbocycles. The summed E-state index contributed by atoms with van der Waals surface area (Å²) in [4.78, 5) is 53.6. The topological polar surface area (TPSA) is 199 Å². The summed E-state index contributed by atoms with van der Waals surface area (Å²) in [6.45, 7) is 17.1. The van der Waals surface area contributed by atoms with Crippen LogP contribution >= 0.6 is 11.6 Å². The molecule has 5 aromatic rings. The smallest absolute Gasteiger partial charge is 0.411 e. The van der Waals surface area contributed by atoms with Gasteiger partial charge in [0.15, 0.2) is 8.32 Å². The van der Waals surface area contributed by atoms with Crippen molar-refractivity contribution in [2.45, 2.75) is 122 Å². The summed E-state index contributed by atoms with van der Waals surface area (Å²) in [6, 6.07) is 25.2. The lowest BCUT2D eigenvalue weighted by molar-refractivity contribution is 0.0440. The second-order valence-electron chi connectivity index (χ2n) is 19.8. The Labute approximate surface area is 410 Å². The number of aromatic hydroxyl groups is 1. The Morgan fingerprint density at radius 1 is 0.855 bits per heavy atom. The van der Waals surface area contributed by atoms with Crippen LogP contribution in [0.5, 0.6) is 11.5 Å². The van der Waals surface area contributed by atoms with E-state index in [0.29, 0.717) is 73.2 Å². The molecule has 370 valence electrons. The molecule has 1 aliphatic carbocycles. The summed E-state index contributed by atoms with van der Waals surface area (Å²) in [5.74, 6) is 0.457. The number of H-pyrrole nitrogens is 1. The predicted molar refractivity (Wildman–Crippen MR) is 273 cm³/mol. The van der Waals surface area contributed by atoms with Gasteiger partial charge in [-0.3, -0.25) is 15.4 Å². The lowest BCUT2D eigenvalue weighted by Crippen LogP contribution is -2.43. The molecule has 69 heavy (non-hydrogen) atoms. The predicted octanol–water partition coefficient (Wildman–Crippen LogP) is 11.6. The highest BCUT2D eigenvalue weighted by Gasteiger charge is 2.40. The molecule has 0 aliphatic heterocycles. The van der Waals surface area contributed by atoms with Crippen molar-refractivity contribution in [3.05, 3.63) is 117 Å². The van der Waals surface area contributed by atoms with Gasteiger partial charge in [-0.25, -0.2) is 14.4 Å². The van der Waals surface area contributed by atoms with Gasteiger partial charge in [0.25, 0.3) is 0 Å². The monoisotopic (exact) mass is 983 g/mol. The summed E-state index contributed by atoms with van der Waals surface area (Å²) >= 11 is 6.74. The number of alkyl carbamates (subject to hydrolysis) is 1. The van der Waals surface area contributed by atoms with Gasteiger partial charge in [0.1, 0.15) is 23.2 Å². The maximum Gasteiger partial charge on any atom is 0.411 e. The maximum absolute atomic E-state index is 13.3. The molecule has 1 saturated carbocycles. The van der Waals surface area contributed by atoms with E-state index in [4.69, 9.17) is 35.0 Å². The fourth-order valence-electron chi connectivity index (χ4n) is 7.86. The van der Waals surface area contributed by atoms with Gasteiger partial charge in [-0.05, 0) is 106 Å². The minimum atomic E-state index is -2.31. The second-order valence-corrected chi connectivity index (χ2v) is 25.0. The molecule has 0 bridgehead atoms. The minimum absolute atomic E-state index is 0.0256. The Balaban J connectivity index is 1.05. The Kier molecular flexibility index (Phi) is 17.1. The van der Waals surface area contributed by atoms with Crippen molar-refractivity contribution >= 4 is 60.5 Å². The van der Waals surface area contributed by atoms with E-state index in [1.165, 1.54) is 13.2 Å². The quantitative estimate of drug-likeness (QED) is 0.0406. The van der Waals surface area contributed by atoms with Gasteiger partial charge in [-0.1, -0.05) is 80.9 Å². The number of hydrogen-bond donors (Lipinski definition) is 6. The molecule has 6 N–H and O–H groups in total. The molecule has 1 aliphatic rings. The number of phenols is 1. The minimum Gasteiger partial charge on any atom is -0.506 e. The van der Waals surface area contributed by atoms with Crippen molar-refractivity contribution in [1.29, 1.82) is 0 Å². The molecule has 0 unspecified atom stereocenters. The lowest BCUT2D eigenvalue weighted by atomic mass is 9.93. The van der Waals surface area contributed by atoms with Crippen molar-refractivity contribution in [1.82, 2.24) is 15.6 Å². The third-order valence-corrected chi connectivity index (χ3v) is 17.2. The highest BCUT2D eigenvalue weighted by Crippen LogP contribution is 2.41. The lowest BCUT2D eigenvalue weighted by Gasteiger charge is -2.39. The van der Waals surface area contributed by atoms with E-state index in [1.807, 2.05) is 75.4 Å². The first-order valence-corrected chi connectivity index (χ1v) is 26.6. The molecular formula is C52H66ClN5O10Si. The van der Waals surface area contributed by atoms with Gasteiger partial charge >= 0.3 is 18.3 Å². The molecule has 15 nitrogen and oxygen atoms in total. The zero-order valence-electron chi connectivity index (χ0n) is 41.0. The number of fused-ring (bicyclic) bond motifs is 1. The molecule has 3 amide bonds. The molecular weight excluding hydrogens is 918 g/mol. The van der Waals surface area contributed by atoms with Gasteiger partial charge in [0.05, 0.1) is 41.7 Å². The van der Waals surface area contributed by atoms with E-state index in [1.54, 1.807) is 24.3 Å². The van der Waals surface area contributed by atoms with Gasteiger partial charge < -0.3 is 44.1 Å². The highest BCUT2D eigenvalue weighted by atomic mass is 35.5.